The number of benzene rings is 4. The summed E-state index contributed by atoms with van der Waals surface area (Å²) >= 11 is 0. The van der Waals surface area contributed by atoms with Gasteiger partial charge in [-0.25, -0.2) is 4.39 Å². The second-order valence-corrected chi connectivity index (χ2v) is 7.04. The molecule has 156 valence electrons. The van der Waals surface area contributed by atoms with Crippen LogP contribution in [-0.2, 0) is 0 Å². The third-order valence-corrected chi connectivity index (χ3v) is 4.82. The molecular formula is C27H19FN2O2. The highest BCUT2D eigenvalue weighted by Crippen LogP contribution is 2.26. The van der Waals surface area contributed by atoms with Gasteiger partial charge in [-0.2, -0.15) is 10.5 Å². The summed E-state index contributed by atoms with van der Waals surface area (Å²) in [5.74, 6) is -0.110. The van der Waals surface area contributed by atoms with Gasteiger partial charge in [-0.15, -0.1) is 0 Å². The lowest BCUT2D eigenvalue weighted by atomic mass is 9.99. The van der Waals surface area contributed by atoms with Crippen LogP contribution in [0.3, 0.4) is 0 Å². The van der Waals surface area contributed by atoms with Crippen LogP contribution in [0.4, 0.5) is 4.39 Å². The SMILES string of the molecule is Cc1cc(C#N)ccc1-c1ccc(O)cc1.N#Cc1ccc(-c2ccc(O)cc2)cc1F. The molecule has 0 saturated carbocycles. The van der Waals surface area contributed by atoms with Gasteiger partial charge in [0, 0.05) is 0 Å². The Morgan fingerprint density at radius 2 is 1.22 bits per heavy atom. The Morgan fingerprint density at radius 1 is 0.656 bits per heavy atom. The van der Waals surface area contributed by atoms with Crippen molar-refractivity contribution in [3.05, 3.63) is 107 Å². The number of rotatable bonds is 2. The van der Waals surface area contributed by atoms with Gasteiger partial charge in [0.15, 0.2) is 0 Å². The first-order valence-electron chi connectivity index (χ1n) is 9.70. The third-order valence-electron chi connectivity index (χ3n) is 4.82. The van der Waals surface area contributed by atoms with Crippen LogP contribution >= 0.6 is 0 Å². The summed E-state index contributed by atoms with van der Waals surface area (Å²) in [4.78, 5) is 0. The van der Waals surface area contributed by atoms with Crippen LogP contribution in [0.25, 0.3) is 22.3 Å². The van der Waals surface area contributed by atoms with Crippen LogP contribution < -0.4 is 0 Å². The molecule has 0 spiro atoms. The fourth-order valence-corrected chi connectivity index (χ4v) is 3.14. The minimum atomic E-state index is -0.534. The summed E-state index contributed by atoms with van der Waals surface area (Å²) in [6.45, 7) is 1.98. The number of phenols is 2. The molecule has 4 nitrogen and oxygen atoms in total. The fraction of sp³-hybridized carbons (Fsp3) is 0.0370. The van der Waals surface area contributed by atoms with E-state index >= 15 is 0 Å². The molecule has 0 aliphatic carbocycles. The molecule has 0 radical (unpaired) electrons. The van der Waals surface area contributed by atoms with Gasteiger partial charge >= 0.3 is 0 Å². The second-order valence-electron chi connectivity index (χ2n) is 7.04. The molecule has 0 aliphatic rings. The first-order chi connectivity index (χ1) is 15.4. The molecule has 0 unspecified atom stereocenters. The molecule has 4 rings (SSSR count). The molecule has 0 aromatic heterocycles. The summed E-state index contributed by atoms with van der Waals surface area (Å²) in [5.41, 5.74) is 5.35. The van der Waals surface area contributed by atoms with Gasteiger partial charge in [0.05, 0.1) is 17.2 Å². The summed E-state index contributed by atoms with van der Waals surface area (Å²) in [6.07, 6.45) is 0. The van der Waals surface area contributed by atoms with E-state index < -0.39 is 5.82 Å². The average Bonchev–Trinajstić information content (AvgIpc) is 2.80. The lowest BCUT2D eigenvalue weighted by Crippen LogP contribution is -1.85. The molecule has 5 heteroatoms. The van der Waals surface area contributed by atoms with E-state index in [0.717, 1.165) is 22.3 Å². The first-order valence-corrected chi connectivity index (χ1v) is 9.70. The number of nitrogens with zero attached hydrogens (tertiary/aromatic N) is 2. The van der Waals surface area contributed by atoms with Crippen molar-refractivity contribution in [1.82, 2.24) is 0 Å². The quantitative estimate of drug-likeness (QED) is 0.396. The molecule has 0 saturated heterocycles. The summed E-state index contributed by atoms with van der Waals surface area (Å²) in [6, 6.07) is 27.4. The maximum atomic E-state index is 13.3. The molecule has 0 atom stereocenters. The Balaban J connectivity index is 0.000000181. The molecule has 0 heterocycles. The molecular weight excluding hydrogens is 403 g/mol. The largest absolute Gasteiger partial charge is 0.508 e. The van der Waals surface area contributed by atoms with E-state index in [9.17, 15) is 9.50 Å². The molecule has 0 bridgehead atoms. The van der Waals surface area contributed by atoms with Gasteiger partial charge in [0.1, 0.15) is 23.4 Å². The number of aryl methyl sites for hydroxylation is 1. The Bertz CT molecular complexity index is 1320. The maximum Gasteiger partial charge on any atom is 0.141 e. The van der Waals surface area contributed by atoms with Crippen molar-refractivity contribution in [3.8, 4) is 45.9 Å². The zero-order valence-corrected chi connectivity index (χ0v) is 17.2. The zero-order valence-electron chi connectivity index (χ0n) is 17.2. The van der Waals surface area contributed by atoms with E-state index in [1.54, 1.807) is 42.5 Å². The van der Waals surface area contributed by atoms with Crippen molar-refractivity contribution in [2.45, 2.75) is 6.92 Å². The van der Waals surface area contributed by atoms with Crippen LogP contribution in [0.1, 0.15) is 16.7 Å². The number of hydrogen-bond acceptors (Lipinski definition) is 4. The number of phenolic OH excluding ortho intramolecular Hbond substituents is 2. The van der Waals surface area contributed by atoms with Crippen LogP contribution in [0.15, 0.2) is 84.9 Å². The number of hydrogen-bond donors (Lipinski definition) is 2. The standard InChI is InChI=1S/C14H11NO.C13H8FNO/c1-10-8-11(9-15)2-7-14(10)12-3-5-13(16)6-4-12;14-13-7-10(1-2-11(13)8-15)9-3-5-12(16)6-4-9/h2-8,16H,1H3;1-7,16H. The van der Waals surface area contributed by atoms with E-state index in [-0.39, 0.29) is 17.1 Å². The highest BCUT2D eigenvalue weighted by molar-refractivity contribution is 5.68. The number of aromatic hydroxyl groups is 2. The molecule has 32 heavy (non-hydrogen) atoms. The number of halogens is 1. The van der Waals surface area contributed by atoms with Crippen molar-refractivity contribution in [2.75, 3.05) is 0 Å². The summed E-state index contributed by atoms with van der Waals surface area (Å²) < 4.78 is 13.3. The minimum absolute atomic E-state index is 0.0301. The van der Waals surface area contributed by atoms with Gasteiger partial charge in [-0.05, 0) is 83.3 Å². The molecule has 2 N–H and O–H groups in total. The van der Waals surface area contributed by atoms with Crippen molar-refractivity contribution in [3.63, 3.8) is 0 Å². The van der Waals surface area contributed by atoms with Crippen LogP contribution in [0.5, 0.6) is 11.5 Å². The van der Waals surface area contributed by atoms with E-state index in [1.165, 1.54) is 24.3 Å². The van der Waals surface area contributed by atoms with Gasteiger partial charge < -0.3 is 10.2 Å². The van der Waals surface area contributed by atoms with Gasteiger partial charge in [-0.1, -0.05) is 36.4 Å². The fourth-order valence-electron chi connectivity index (χ4n) is 3.14. The predicted molar refractivity (Wildman–Crippen MR) is 121 cm³/mol. The highest BCUT2D eigenvalue weighted by atomic mass is 19.1. The Labute approximate surface area is 185 Å². The van der Waals surface area contributed by atoms with Gasteiger partial charge in [-0.3, -0.25) is 0 Å². The lowest BCUT2D eigenvalue weighted by molar-refractivity contribution is 0.475. The molecule has 4 aromatic rings. The topological polar surface area (TPSA) is 88.0 Å². The molecule has 0 aliphatic heterocycles. The lowest BCUT2D eigenvalue weighted by Gasteiger charge is -2.06. The van der Waals surface area contributed by atoms with E-state index in [2.05, 4.69) is 6.07 Å². The smallest absolute Gasteiger partial charge is 0.141 e. The normalized spacial score (nSPS) is 9.75. The minimum Gasteiger partial charge on any atom is -0.508 e. The van der Waals surface area contributed by atoms with Crippen molar-refractivity contribution >= 4 is 0 Å². The predicted octanol–water partition coefficient (Wildman–Crippen LogP) is 6.31. The summed E-state index contributed by atoms with van der Waals surface area (Å²) in [5, 5.41) is 35.7. The maximum absolute atomic E-state index is 13.3. The monoisotopic (exact) mass is 422 g/mol. The van der Waals surface area contributed by atoms with Crippen molar-refractivity contribution in [1.29, 1.82) is 10.5 Å². The Kier molecular flexibility index (Phi) is 6.85. The Hall–Kier alpha value is -4.61. The van der Waals surface area contributed by atoms with Crippen molar-refractivity contribution < 1.29 is 14.6 Å². The van der Waals surface area contributed by atoms with E-state index in [0.29, 0.717) is 11.1 Å². The molecule has 0 fully saturated rings. The first kappa shape index (κ1) is 22.1. The second kappa shape index (κ2) is 9.93. The third kappa shape index (κ3) is 5.30. The van der Waals surface area contributed by atoms with E-state index in [4.69, 9.17) is 15.6 Å². The van der Waals surface area contributed by atoms with Crippen molar-refractivity contribution in [2.24, 2.45) is 0 Å². The zero-order chi connectivity index (χ0) is 23.1. The summed E-state index contributed by atoms with van der Waals surface area (Å²) in [7, 11) is 0. The number of nitriles is 2. The van der Waals surface area contributed by atoms with Crippen LogP contribution in [0.2, 0.25) is 0 Å². The average molecular weight is 422 g/mol. The molecule has 4 aromatic carbocycles. The van der Waals surface area contributed by atoms with Gasteiger partial charge in [0.2, 0.25) is 0 Å². The van der Waals surface area contributed by atoms with Gasteiger partial charge in [0.25, 0.3) is 0 Å². The van der Waals surface area contributed by atoms with Crippen LogP contribution in [0, 0.1) is 35.4 Å². The van der Waals surface area contributed by atoms with Crippen LogP contribution in [-0.4, -0.2) is 10.2 Å². The highest BCUT2D eigenvalue weighted by Gasteiger charge is 2.04. The molecule has 0 amide bonds. The van der Waals surface area contributed by atoms with E-state index in [1.807, 2.05) is 31.2 Å². The Morgan fingerprint density at radius 3 is 1.72 bits per heavy atom.